The van der Waals surface area contributed by atoms with Gasteiger partial charge in [-0.15, -0.1) is 10.2 Å². The Balaban J connectivity index is 2.08. The van der Waals surface area contributed by atoms with E-state index in [1.165, 1.54) is 18.2 Å². The Morgan fingerprint density at radius 1 is 1.08 bits per heavy atom. The number of benzene rings is 2. The fraction of sp³-hybridized carbons (Fsp3) is 0.385. The van der Waals surface area contributed by atoms with E-state index in [-0.39, 0.29) is 41.6 Å². The van der Waals surface area contributed by atoms with Gasteiger partial charge in [0.1, 0.15) is 11.1 Å². The molecule has 0 aliphatic rings. The maximum atomic E-state index is 12.7. The van der Waals surface area contributed by atoms with Crippen molar-refractivity contribution in [3.05, 3.63) is 65.5 Å². The minimum atomic E-state index is -3.68. The lowest BCUT2D eigenvalue weighted by Gasteiger charge is -2.29. The number of carboxylic acids is 1. The van der Waals surface area contributed by atoms with Crippen molar-refractivity contribution < 1.29 is 32.3 Å². The first kappa shape index (κ1) is 28.6. The zero-order valence-corrected chi connectivity index (χ0v) is 23.0. The topological polar surface area (TPSA) is 152 Å². The molecular formula is C26H32N4O7S. The van der Waals surface area contributed by atoms with Gasteiger partial charge in [-0.25, -0.2) is 18.0 Å². The summed E-state index contributed by atoms with van der Waals surface area (Å²) in [6.45, 7) is 8.67. The third kappa shape index (κ3) is 7.09. The number of nitrogens with zero attached hydrogens (tertiary/aromatic N) is 3. The van der Waals surface area contributed by atoms with E-state index in [0.29, 0.717) is 0 Å². The molecule has 1 heterocycles. The summed E-state index contributed by atoms with van der Waals surface area (Å²) >= 11 is 0. The Morgan fingerprint density at radius 3 is 2.29 bits per heavy atom. The highest BCUT2D eigenvalue weighted by Crippen LogP contribution is 2.31. The number of aromatic carboxylic acids is 1. The van der Waals surface area contributed by atoms with Crippen LogP contribution in [0.25, 0.3) is 11.5 Å². The number of carboxylic acid groups (broad SMARTS) is 1. The summed E-state index contributed by atoms with van der Waals surface area (Å²) in [5.74, 6) is -1.24. The standard InChI is InChI=1S/C26H32N4O7S/c1-7-30(38(6,34)35)20-14-18(13-19(15-20)22(31)32)21-28-29-23(36-21)26(5,16-17-11-9-8-10-12-17)27-24(33)37-25(2,3)4/h8-15H,7,16H2,1-6H3,(H,27,33)(H,31,32)/t26-/m0/s1. The van der Waals surface area contributed by atoms with Gasteiger partial charge in [0, 0.05) is 18.5 Å². The van der Waals surface area contributed by atoms with Crippen molar-refractivity contribution in [1.29, 1.82) is 0 Å². The highest BCUT2D eigenvalue weighted by atomic mass is 32.2. The Kier molecular flexibility index (Phi) is 8.15. The van der Waals surface area contributed by atoms with Crippen LogP contribution >= 0.6 is 0 Å². The molecule has 1 atom stereocenters. The van der Waals surface area contributed by atoms with Gasteiger partial charge in [0.2, 0.25) is 21.8 Å². The third-order valence-electron chi connectivity index (χ3n) is 5.46. The van der Waals surface area contributed by atoms with Crippen molar-refractivity contribution in [3.63, 3.8) is 0 Å². The van der Waals surface area contributed by atoms with E-state index in [0.717, 1.165) is 16.1 Å². The highest BCUT2D eigenvalue weighted by molar-refractivity contribution is 7.92. The summed E-state index contributed by atoms with van der Waals surface area (Å²) < 4.78 is 37.0. The van der Waals surface area contributed by atoms with Gasteiger partial charge in [-0.1, -0.05) is 30.3 Å². The molecule has 0 bridgehead atoms. The molecule has 3 rings (SSSR count). The van der Waals surface area contributed by atoms with Gasteiger partial charge < -0.3 is 19.6 Å². The maximum absolute atomic E-state index is 12.7. The number of alkyl carbamates (subject to hydrolysis) is 1. The van der Waals surface area contributed by atoms with E-state index in [1.54, 1.807) is 34.6 Å². The van der Waals surface area contributed by atoms with Crippen LogP contribution in [0.5, 0.6) is 0 Å². The summed E-state index contributed by atoms with van der Waals surface area (Å²) in [6, 6.07) is 13.4. The lowest BCUT2D eigenvalue weighted by molar-refractivity contribution is 0.0443. The van der Waals surface area contributed by atoms with Gasteiger partial charge in [-0.05, 0) is 58.4 Å². The predicted molar refractivity (Wildman–Crippen MR) is 141 cm³/mol. The maximum Gasteiger partial charge on any atom is 0.408 e. The molecule has 0 unspecified atom stereocenters. The fourth-order valence-electron chi connectivity index (χ4n) is 3.88. The molecule has 0 spiro atoms. The zero-order chi connectivity index (χ0) is 28.3. The minimum absolute atomic E-state index is 0.0424. The summed E-state index contributed by atoms with van der Waals surface area (Å²) in [7, 11) is -3.68. The number of ether oxygens (including phenoxy) is 1. The molecule has 12 heteroatoms. The van der Waals surface area contributed by atoms with Crippen molar-refractivity contribution in [2.75, 3.05) is 17.1 Å². The Labute approximate surface area is 221 Å². The SMILES string of the molecule is CCN(c1cc(C(=O)O)cc(-c2nnc([C@](C)(Cc3ccccc3)NC(=O)OC(C)(C)C)o2)c1)S(C)(=O)=O. The van der Waals surface area contributed by atoms with Crippen LogP contribution in [0.3, 0.4) is 0 Å². The average Bonchev–Trinajstić information content (AvgIpc) is 3.29. The van der Waals surface area contributed by atoms with Crippen LogP contribution in [0, 0.1) is 0 Å². The van der Waals surface area contributed by atoms with E-state index in [2.05, 4.69) is 15.5 Å². The summed E-state index contributed by atoms with van der Waals surface area (Å²) in [5, 5.41) is 20.7. The third-order valence-corrected chi connectivity index (χ3v) is 6.73. The number of nitrogens with one attached hydrogen (secondary N) is 1. The second-order valence-electron chi connectivity index (χ2n) is 10.0. The number of anilines is 1. The first-order chi connectivity index (χ1) is 17.6. The number of rotatable bonds is 9. The second kappa shape index (κ2) is 10.8. The molecule has 1 amide bonds. The van der Waals surface area contributed by atoms with Crippen molar-refractivity contribution in [2.24, 2.45) is 0 Å². The van der Waals surface area contributed by atoms with E-state index in [9.17, 15) is 23.1 Å². The lowest BCUT2D eigenvalue weighted by Crippen LogP contribution is -2.47. The largest absolute Gasteiger partial charge is 0.478 e. The first-order valence-electron chi connectivity index (χ1n) is 11.9. The summed E-state index contributed by atoms with van der Waals surface area (Å²) in [5.41, 5.74) is -0.852. The van der Waals surface area contributed by atoms with E-state index >= 15 is 0 Å². The van der Waals surface area contributed by atoms with E-state index in [1.807, 2.05) is 30.3 Å². The molecule has 0 radical (unpaired) electrons. The van der Waals surface area contributed by atoms with Crippen molar-refractivity contribution in [1.82, 2.24) is 15.5 Å². The molecule has 0 saturated carbocycles. The van der Waals surface area contributed by atoms with Crippen LogP contribution in [0.4, 0.5) is 10.5 Å². The van der Waals surface area contributed by atoms with Gasteiger partial charge >= 0.3 is 12.1 Å². The van der Waals surface area contributed by atoms with Crippen LogP contribution in [-0.4, -0.2) is 54.2 Å². The van der Waals surface area contributed by atoms with Crippen molar-refractivity contribution >= 4 is 27.8 Å². The van der Waals surface area contributed by atoms with E-state index < -0.39 is 33.2 Å². The van der Waals surface area contributed by atoms with Gasteiger partial charge in [0.05, 0.1) is 17.5 Å². The van der Waals surface area contributed by atoms with Gasteiger partial charge in [0.25, 0.3) is 0 Å². The molecule has 11 nitrogen and oxygen atoms in total. The predicted octanol–water partition coefficient (Wildman–Crippen LogP) is 4.20. The van der Waals surface area contributed by atoms with Crippen LogP contribution in [0.2, 0.25) is 0 Å². The molecule has 0 aliphatic heterocycles. The first-order valence-corrected chi connectivity index (χ1v) is 13.7. The molecule has 38 heavy (non-hydrogen) atoms. The number of amides is 1. The normalized spacial score (nSPS) is 13.4. The van der Waals surface area contributed by atoms with Crippen LogP contribution in [0.1, 0.15) is 56.4 Å². The molecule has 0 aliphatic carbocycles. The number of hydrogen-bond acceptors (Lipinski definition) is 8. The highest BCUT2D eigenvalue weighted by Gasteiger charge is 2.37. The average molecular weight is 545 g/mol. The molecule has 0 fully saturated rings. The monoisotopic (exact) mass is 544 g/mol. The second-order valence-corrected chi connectivity index (χ2v) is 11.9. The molecule has 3 aromatic rings. The Hall–Kier alpha value is -3.93. The summed E-state index contributed by atoms with van der Waals surface area (Å²) in [4.78, 5) is 24.5. The number of carbonyl (C=O) groups excluding carboxylic acids is 1. The molecule has 2 aromatic carbocycles. The molecule has 0 saturated heterocycles. The Bertz CT molecular complexity index is 1410. The van der Waals surface area contributed by atoms with Crippen LogP contribution < -0.4 is 9.62 Å². The van der Waals surface area contributed by atoms with Crippen LogP contribution in [-0.2, 0) is 26.7 Å². The molecule has 204 valence electrons. The fourth-order valence-corrected chi connectivity index (χ4v) is 4.84. The summed E-state index contributed by atoms with van der Waals surface area (Å²) in [6.07, 6.45) is 0.635. The zero-order valence-electron chi connectivity index (χ0n) is 22.2. The molecule has 1 aromatic heterocycles. The van der Waals surface area contributed by atoms with Gasteiger partial charge in [-0.3, -0.25) is 4.31 Å². The smallest absolute Gasteiger partial charge is 0.408 e. The van der Waals surface area contributed by atoms with Gasteiger partial charge in [0.15, 0.2) is 0 Å². The van der Waals surface area contributed by atoms with Crippen molar-refractivity contribution in [3.8, 4) is 11.5 Å². The Morgan fingerprint density at radius 2 is 1.74 bits per heavy atom. The molecule has 2 N–H and O–H groups in total. The van der Waals surface area contributed by atoms with Gasteiger partial charge in [-0.2, -0.15) is 0 Å². The molecular weight excluding hydrogens is 512 g/mol. The lowest BCUT2D eigenvalue weighted by atomic mass is 9.92. The quantitative estimate of drug-likeness (QED) is 0.403. The minimum Gasteiger partial charge on any atom is -0.478 e. The van der Waals surface area contributed by atoms with Crippen LogP contribution in [0.15, 0.2) is 52.9 Å². The number of carbonyl (C=O) groups is 2. The number of sulfonamides is 1. The number of hydrogen-bond donors (Lipinski definition) is 2. The number of aromatic nitrogens is 2. The van der Waals surface area contributed by atoms with Crippen molar-refractivity contribution in [2.45, 2.75) is 52.2 Å². The van der Waals surface area contributed by atoms with E-state index in [4.69, 9.17) is 9.15 Å².